The number of hydrogen-bond acceptors (Lipinski definition) is 2. The molecule has 3 heteroatoms. The van der Waals surface area contributed by atoms with Crippen molar-refractivity contribution in [1.82, 2.24) is 4.90 Å². The zero-order valence-corrected chi connectivity index (χ0v) is 9.04. The van der Waals surface area contributed by atoms with Crippen LogP contribution in [-0.2, 0) is 4.79 Å². The van der Waals surface area contributed by atoms with Crippen molar-refractivity contribution in [3.8, 4) is 0 Å². The van der Waals surface area contributed by atoms with Gasteiger partial charge in [-0.25, -0.2) is 0 Å². The van der Waals surface area contributed by atoms with Gasteiger partial charge in [0.05, 0.1) is 0 Å². The van der Waals surface area contributed by atoms with Gasteiger partial charge in [-0.2, -0.15) is 0 Å². The van der Waals surface area contributed by atoms with Gasteiger partial charge in [0.25, 0.3) is 0 Å². The largest absolute Gasteiger partial charge is 0.396 e. The predicted molar refractivity (Wildman–Crippen MR) is 55.9 cm³/mol. The fraction of sp³-hybridized carbons (Fsp3) is 0.909. The Morgan fingerprint density at radius 1 is 1.57 bits per heavy atom. The van der Waals surface area contributed by atoms with Crippen molar-refractivity contribution in [3.63, 3.8) is 0 Å². The van der Waals surface area contributed by atoms with E-state index in [9.17, 15) is 4.79 Å². The van der Waals surface area contributed by atoms with Crippen LogP contribution in [0, 0.1) is 5.92 Å². The third kappa shape index (κ3) is 3.29. The van der Waals surface area contributed by atoms with Gasteiger partial charge in [-0.05, 0) is 25.2 Å². The molecule has 1 aliphatic heterocycles. The molecule has 1 unspecified atom stereocenters. The van der Waals surface area contributed by atoms with Crippen LogP contribution in [0.5, 0.6) is 0 Å². The SMILES string of the molecule is CCCC1CCN(C(=O)CCCO)C1. The maximum atomic E-state index is 11.6. The fourth-order valence-corrected chi connectivity index (χ4v) is 2.09. The Bertz CT molecular complexity index is 182. The third-order valence-electron chi connectivity index (χ3n) is 2.88. The minimum Gasteiger partial charge on any atom is -0.396 e. The van der Waals surface area contributed by atoms with Gasteiger partial charge in [0.15, 0.2) is 0 Å². The lowest BCUT2D eigenvalue weighted by atomic mass is 10.0. The molecular formula is C11H21NO2. The molecule has 0 saturated carbocycles. The Kier molecular flexibility index (Phi) is 4.94. The molecule has 0 bridgehead atoms. The Labute approximate surface area is 86.1 Å². The van der Waals surface area contributed by atoms with E-state index in [4.69, 9.17) is 5.11 Å². The molecule has 1 aliphatic rings. The van der Waals surface area contributed by atoms with E-state index in [1.807, 2.05) is 4.90 Å². The first kappa shape index (κ1) is 11.5. The molecule has 1 heterocycles. The highest BCUT2D eigenvalue weighted by Crippen LogP contribution is 2.21. The van der Waals surface area contributed by atoms with Gasteiger partial charge in [-0.3, -0.25) is 4.79 Å². The Hall–Kier alpha value is -0.570. The van der Waals surface area contributed by atoms with E-state index in [0.717, 1.165) is 19.0 Å². The highest BCUT2D eigenvalue weighted by atomic mass is 16.3. The topological polar surface area (TPSA) is 40.5 Å². The van der Waals surface area contributed by atoms with Crippen LogP contribution in [0.25, 0.3) is 0 Å². The number of carbonyl (C=O) groups is 1. The summed E-state index contributed by atoms with van der Waals surface area (Å²) in [6.07, 6.45) is 4.73. The lowest BCUT2D eigenvalue weighted by Crippen LogP contribution is -2.28. The normalized spacial score (nSPS) is 21.6. The summed E-state index contributed by atoms with van der Waals surface area (Å²) in [5, 5.41) is 8.62. The fourth-order valence-electron chi connectivity index (χ4n) is 2.09. The van der Waals surface area contributed by atoms with Gasteiger partial charge in [-0.15, -0.1) is 0 Å². The average Bonchev–Trinajstić information content (AvgIpc) is 2.63. The molecule has 0 radical (unpaired) electrons. The summed E-state index contributed by atoms with van der Waals surface area (Å²) in [5.41, 5.74) is 0. The number of nitrogens with zero attached hydrogens (tertiary/aromatic N) is 1. The van der Waals surface area contributed by atoms with Gasteiger partial charge in [0.2, 0.25) is 5.91 Å². The smallest absolute Gasteiger partial charge is 0.222 e. The Morgan fingerprint density at radius 2 is 2.36 bits per heavy atom. The highest BCUT2D eigenvalue weighted by molar-refractivity contribution is 5.76. The maximum Gasteiger partial charge on any atom is 0.222 e. The summed E-state index contributed by atoms with van der Waals surface area (Å²) in [6.45, 7) is 4.18. The number of hydrogen-bond donors (Lipinski definition) is 1. The minimum atomic E-state index is 0.123. The van der Waals surface area contributed by atoms with Crippen molar-refractivity contribution in [2.75, 3.05) is 19.7 Å². The molecule has 0 aromatic rings. The summed E-state index contributed by atoms with van der Waals surface area (Å²) in [6, 6.07) is 0. The summed E-state index contributed by atoms with van der Waals surface area (Å²) in [7, 11) is 0. The number of aliphatic hydroxyl groups is 1. The van der Waals surface area contributed by atoms with Crippen LogP contribution in [0.1, 0.15) is 39.0 Å². The molecule has 1 fully saturated rings. The molecule has 0 spiro atoms. The number of aliphatic hydroxyl groups excluding tert-OH is 1. The van der Waals surface area contributed by atoms with Crippen LogP contribution in [0.4, 0.5) is 0 Å². The van der Waals surface area contributed by atoms with Gasteiger partial charge >= 0.3 is 0 Å². The quantitative estimate of drug-likeness (QED) is 0.727. The molecule has 1 N–H and O–H groups in total. The van der Waals surface area contributed by atoms with E-state index < -0.39 is 0 Å². The molecule has 0 aromatic heterocycles. The molecular weight excluding hydrogens is 178 g/mol. The molecule has 1 rings (SSSR count). The van der Waals surface area contributed by atoms with Crippen molar-refractivity contribution < 1.29 is 9.90 Å². The van der Waals surface area contributed by atoms with Crippen LogP contribution in [0.3, 0.4) is 0 Å². The molecule has 0 aliphatic carbocycles. The maximum absolute atomic E-state index is 11.6. The van der Waals surface area contributed by atoms with Crippen molar-refractivity contribution in [2.24, 2.45) is 5.92 Å². The Balaban J connectivity index is 2.23. The van der Waals surface area contributed by atoms with Crippen molar-refractivity contribution >= 4 is 5.91 Å². The second-order valence-electron chi connectivity index (χ2n) is 4.11. The van der Waals surface area contributed by atoms with E-state index in [-0.39, 0.29) is 12.5 Å². The highest BCUT2D eigenvalue weighted by Gasteiger charge is 2.24. The van der Waals surface area contributed by atoms with Crippen molar-refractivity contribution in [2.45, 2.75) is 39.0 Å². The predicted octanol–water partition coefficient (Wildman–Crippen LogP) is 1.41. The van der Waals surface area contributed by atoms with Crippen molar-refractivity contribution in [3.05, 3.63) is 0 Å². The molecule has 1 atom stereocenters. The number of amides is 1. The van der Waals surface area contributed by atoms with Crippen molar-refractivity contribution in [1.29, 1.82) is 0 Å². The zero-order valence-electron chi connectivity index (χ0n) is 9.04. The minimum absolute atomic E-state index is 0.123. The van der Waals surface area contributed by atoms with Gasteiger partial charge in [0.1, 0.15) is 0 Å². The molecule has 82 valence electrons. The third-order valence-corrected chi connectivity index (χ3v) is 2.88. The van der Waals surface area contributed by atoms with Crippen LogP contribution in [-0.4, -0.2) is 35.6 Å². The zero-order chi connectivity index (χ0) is 10.4. The number of rotatable bonds is 5. The van der Waals surface area contributed by atoms with Gasteiger partial charge < -0.3 is 10.0 Å². The van der Waals surface area contributed by atoms with E-state index in [1.165, 1.54) is 19.3 Å². The van der Waals surface area contributed by atoms with Crippen LogP contribution >= 0.6 is 0 Å². The van der Waals surface area contributed by atoms with Gasteiger partial charge in [0, 0.05) is 26.1 Å². The first-order chi connectivity index (χ1) is 6.77. The summed E-state index contributed by atoms with van der Waals surface area (Å²) >= 11 is 0. The molecule has 1 saturated heterocycles. The second kappa shape index (κ2) is 6.02. The van der Waals surface area contributed by atoms with E-state index in [2.05, 4.69) is 6.92 Å². The first-order valence-electron chi connectivity index (χ1n) is 5.66. The molecule has 3 nitrogen and oxygen atoms in total. The van der Waals surface area contributed by atoms with Crippen LogP contribution in [0.15, 0.2) is 0 Å². The lowest BCUT2D eigenvalue weighted by molar-refractivity contribution is -0.130. The second-order valence-corrected chi connectivity index (χ2v) is 4.11. The van der Waals surface area contributed by atoms with Gasteiger partial charge in [-0.1, -0.05) is 13.3 Å². The number of likely N-dealkylation sites (tertiary alicyclic amines) is 1. The van der Waals surface area contributed by atoms with Crippen LogP contribution < -0.4 is 0 Å². The lowest BCUT2D eigenvalue weighted by Gasteiger charge is -2.15. The monoisotopic (exact) mass is 199 g/mol. The standard InChI is InChI=1S/C11H21NO2/c1-2-4-10-6-7-12(9-10)11(14)5-3-8-13/h10,13H,2-9H2,1H3. The summed E-state index contributed by atoms with van der Waals surface area (Å²) < 4.78 is 0. The van der Waals surface area contributed by atoms with E-state index in [1.54, 1.807) is 0 Å². The Morgan fingerprint density at radius 3 is 3.00 bits per heavy atom. The van der Waals surface area contributed by atoms with E-state index in [0.29, 0.717) is 12.8 Å². The van der Waals surface area contributed by atoms with Crippen LogP contribution in [0.2, 0.25) is 0 Å². The summed E-state index contributed by atoms with van der Waals surface area (Å²) in [5.74, 6) is 0.940. The first-order valence-corrected chi connectivity index (χ1v) is 5.66. The molecule has 1 amide bonds. The van der Waals surface area contributed by atoms with E-state index >= 15 is 0 Å². The summed E-state index contributed by atoms with van der Waals surface area (Å²) in [4.78, 5) is 13.5. The molecule has 14 heavy (non-hydrogen) atoms. The number of carbonyl (C=O) groups excluding carboxylic acids is 1. The molecule has 0 aromatic carbocycles. The average molecular weight is 199 g/mol.